The molecule has 1 fully saturated rings. The Morgan fingerprint density at radius 3 is 2.46 bits per heavy atom. The van der Waals surface area contributed by atoms with Gasteiger partial charge < -0.3 is 20.6 Å². The molecule has 1 aliphatic rings. The van der Waals surface area contributed by atoms with E-state index in [2.05, 4.69) is 10.6 Å². The summed E-state index contributed by atoms with van der Waals surface area (Å²) in [6, 6.07) is -1.49. The maximum absolute atomic E-state index is 11.1. The van der Waals surface area contributed by atoms with Gasteiger partial charge in [-0.25, -0.2) is 0 Å². The normalized spacial score (nSPS) is 39.1. The molecule has 0 aromatic rings. The monoisotopic (exact) mass is 190 g/mol. The lowest BCUT2D eigenvalue weighted by Gasteiger charge is -2.13. The van der Waals surface area contributed by atoms with E-state index < -0.39 is 30.2 Å². The molecular formula is C7H14N2O4. The highest BCUT2D eigenvalue weighted by Gasteiger charge is 2.43. The molecule has 0 bridgehead atoms. The summed E-state index contributed by atoms with van der Waals surface area (Å²) in [7, 11) is 1.44. The summed E-state index contributed by atoms with van der Waals surface area (Å²) in [5.74, 6) is -0.400. The second-order valence-electron chi connectivity index (χ2n) is 3.03. The predicted molar refractivity (Wildman–Crippen MR) is 43.9 cm³/mol. The molecule has 1 heterocycles. The van der Waals surface area contributed by atoms with Gasteiger partial charge in [0.1, 0.15) is 12.1 Å². The quantitative estimate of drug-likeness (QED) is 0.315. The number of likely N-dealkylation sites (N-methyl/N-ethyl adjacent to an activating group) is 1. The van der Waals surface area contributed by atoms with Crippen LogP contribution in [0.2, 0.25) is 0 Å². The van der Waals surface area contributed by atoms with Gasteiger partial charge in [-0.05, 0) is 0 Å². The highest BCUT2D eigenvalue weighted by atomic mass is 16.3. The van der Waals surface area contributed by atoms with Crippen LogP contribution >= 0.6 is 0 Å². The first-order chi connectivity index (χ1) is 6.11. The van der Waals surface area contributed by atoms with Gasteiger partial charge in [0.05, 0.1) is 18.8 Å². The maximum Gasteiger partial charge on any atom is 0.239 e. The number of hydrogen-bond donors (Lipinski definition) is 5. The fourth-order valence-corrected chi connectivity index (χ4v) is 1.41. The van der Waals surface area contributed by atoms with Gasteiger partial charge in [0, 0.05) is 7.05 Å². The number of aliphatic hydroxyl groups is 3. The van der Waals surface area contributed by atoms with Gasteiger partial charge in [-0.3, -0.25) is 10.1 Å². The Kier molecular flexibility index (Phi) is 3.21. The molecule has 1 saturated heterocycles. The largest absolute Gasteiger partial charge is 0.395 e. The molecule has 6 heteroatoms. The van der Waals surface area contributed by atoms with Crippen LogP contribution in [-0.4, -0.2) is 59.2 Å². The molecule has 0 saturated carbocycles. The average Bonchev–Trinajstić information content (AvgIpc) is 2.43. The molecule has 1 aliphatic heterocycles. The van der Waals surface area contributed by atoms with E-state index in [-0.39, 0.29) is 6.61 Å². The zero-order chi connectivity index (χ0) is 10.0. The van der Waals surface area contributed by atoms with Crippen LogP contribution in [0.1, 0.15) is 0 Å². The van der Waals surface area contributed by atoms with Gasteiger partial charge in [0.25, 0.3) is 0 Å². The molecule has 1 rings (SSSR count). The topological polar surface area (TPSA) is 102 Å². The summed E-state index contributed by atoms with van der Waals surface area (Å²) in [5.41, 5.74) is 0. The van der Waals surface area contributed by atoms with Crippen molar-refractivity contribution in [1.29, 1.82) is 0 Å². The standard InChI is InChI=1S/C7H14N2O4/c1-8-7(13)4-6(12)5(11)3(2-10)9-4/h3-6,9-12H,2H2,1H3,(H,8,13)/t3-,4+,5+,6-/m1/s1. The van der Waals surface area contributed by atoms with E-state index in [1.807, 2.05) is 0 Å². The minimum atomic E-state index is -1.17. The molecular weight excluding hydrogens is 176 g/mol. The van der Waals surface area contributed by atoms with Crippen LogP contribution < -0.4 is 10.6 Å². The first-order valence-corrected chi connectivity index (χ1v) is 4.06. The third kappa shape index (κ3) is 1.80. The first-order valence-electron chi connectivity index (χ1n) is 4.06. The van der Waals surface area contributed by atoms with Crippen LogP contribution in [0.15, 0.2) is 0 Å². The summed E-state index contributed by atoms with van der Waals surface area (Å²) in [6.45, 7) is -0.314. The molecule has 5 N–H and O–H groups in total. The molecule has 76 valence electrons. The number of rotatable bonds is 2. The molecule has 0 aromatic carbocycles. The smallest absolute Gasteiger partial charge is 0.239 e. The second kappa shape index (κ2) is 4.01. The number of aliphatic hydroxyl groups excluding tert-OH is 3. The molecule has 6 nitrogen and oxygen atoms in total. The van der Waals surface area contributed by atoms with Crippen molar-refractivity contribution in [3.8, 4) is 0 Å². The third-order valence-electron chi connectivity index (χ3n) is 2.22. The minimum absolute atomic E-state index is 0.314. The number of carbonyl (C=O) groups is 1. The van der Waals surface area contributed by atoms with Gasteiger partial charge in [-0.2, -0.15) is 0 Å². The Morgan fingerprint density at radius 1 is 1.46 bits per heavy atom. The van der Waals surface area contributed by atoms with Crippen LogP contribution in [0.3, 0.4) is 0 Å². The fourth-order valence-electron chi connectivity index (χ4n) is 1.41. The number of carbonyl (C=O) groups excluding carboxylic acids is 1. The number of amides is 1. The molecule has 13 heavy (non-hydrogen) atoms. The van der Waals surface area contributed by atoms with Crippen molar-refractivity contribution in [3.05, 3.63) is 0 Å². The summed E-state index contributed by atoms with van der Waals surface area (Å²) in [5, 5.41) is 32.4. The van der Waals surface area contributed by atoms with E-state index in [1.165, 1.54) is 7.05 Å². The van der Waals surface area contributed by atoms with Crippen molar-refractivity contribution >= 4 is 5.91 Å². The Labute approximate surface area is 75.6 Å². The fraction of sp³-hybridized carbons (Fsp3) is 0.857. The highest BCUT2D eigenvalue weighted by molar-refractivity contribution is 5.82. The van der Waals surface area contributed by atoms with E-state index in [9.17, 15) is 15.0 Å². The molecule has 4 atom stereocenters. The van der Waals surface area contributed by atoms with Gasteiger partial charge in [-0.1, -0.05) is 0 Å². The lowest BCUT2D eigenvalue weighted by atomic mass is 10.1. The van der Waals surface area contributed by atoms with Gasteiger partial charge in [-0.15, -0.1) is 0 Å². The van der Waals surface area contributed by atoms with E-state index in [1.54, 1.807) is 0 Å². The molecule has 0 radical (unpaired) electrons. The molecule has 0 unspecified atom stereocenters. The molecule has 0 aliphatic carbocycles. The summed E-state index contributed by atoms with van der Waals surface area (Å²) in [4.78, 5) is 11.1. The van der Waals surface area contributed by atoms with E-state index in [0.717, 1.165) is 0 Å². The Morgan fingerprint density at radius 2 is 2.08 bits per heavy atom. The Balaban J connectivity index is 2.65. The zero-order valence-electron chi connectivity index (χ0n) is 7.27. The van der Waals surface area contributed by atoms with Crippen molar-refractivity contribution in [2.75, 3.05) is 13.7 Å². The summed E-state index contributed by atoms with van der Waals surface area (Å²) in [6.07, 6.45) is -2.27. The van der Waals surface area contributed by atoms with Crippen LogP contribution in [0.5, 0.6) is 0 Å². The van der Waals surface area contributed by atoms with E-state index in [0.29, 0.717) is 0 Å². The van der Waals surface area contributed by atoms with Gasteiger partial charge >= 0.3 is 0 Å². The first kappa shape index (κ1) is 10.4. The summed E-state index contributed by atoms with van der Waals surface area (Å²) < 4.78 is 0. The van der Waals surface area contributed by atoms with E-state index in [4.69, 9.17) is 5.11 Å². The minimum Gasteiger partial charge on any atom is -0.395 e. The van der Waals surface area contributed by atoms with Gasteiger partial charge in [0.15, 0.2) is 0 Å². The highest BCUT2D eigenvalue weighted by Crippen LogP contribution is 2.14. The van der Waals surface area contributed by atoms with Crippen LogP contribution in [0.4, 0.5) is 0 Å². The Hall–Kier alpha value is -0.690. The number of hydrogen-bond acceptors (Lipinski definition) is 5. The van der Waals surface area contributed by atoms with Crippen molar-refractivity contribution in [1.82, 2.24) is 10.6 Å². The van der Waals surface area contributed by atoms with Crippen molar-refractivity contribution in [2.24, 2.45) is 0 Å². The van der Waals surface area contributed by atoms with Crippen molar-refractivity contribution in [2.45, 2.75) is 24.3 Å². The predicted octanol–water partition coefficient (Wildman–Crippen LogP) is -3.21. The Bertz CT molecular complexity index is 199. The third-order valence-corrected chi connectivity index (χ3v) is 2.22. The lowest BCUT2D eigenvalue weighted by molar-refractivity contribution is -0.125. The molecule has 0 spiro atoms. The van der Waals surface area contributed by atoms with Crippen molar-refractivity contribution in [3.63, 3.8) is 0 Å². The second-order valence-corrected chi connectivity index (χ2v) is 3.03. The summed E-state index contributed by atoms with van der Waals surface area (Å²) >= 11 is 0. The van der Waals surface area contributed by atoms with E-state index >= 15 is 0 Å². The average molecular weight is 190 g/mol. The van der Waals surface area contributed by atoms with Crippen LogP contribution in [0, 0.1) is 0 Å². The van der Waals surface area contributed by atoms with Crippen LogP contribution in [-0.2, 0) is 4.79 Å². The van der Waals surface area contributed by atoms with Gasteiger partial charge in [0.2, 0.25) is 5.91 Å². The maximum atomic E-state index is 11.1. The number of nitrogens with one attached hydrogen (secondary N) is 2. The molecule has 0 aromatic heterocycles. The van der Waals surface area contributed by atoms with Crippen LogP contribution in [0.25, 0.3) is 0 Å². The zero-order valence-corrected chi connectivity index (χ0v) is 7.27. The molecule has 1 amide bonds. The van der Waals surface area contributed by atoms with Crippen molar-refractivity contribution < 1.29 is 20.1 Å². The lowest BCUT2D eigenvalue weighted by Crippen LogP contribution is -2.46. The SMILES string of the molecule is CNC(=O)[C@H]1N[C@H](CO)[C@H](O)[C@@H]1O.